The van der Waals surface area contributed by atoms with Gasteiger partial charge >= 0.3 is 0 Å². The highest BCUT2D eigenvalue weighted by Gasteiger charge is 2.27. The monoisotopic (exact) mass is 243 g/mol. The molecule has 1 unspecified atom stereocenters. The zero-order valence-corrected chi connectivity index (χ0v) is 11.2. The van der Waals surface area contributed by atoms with Crippen molar-refractivity contribution in [3.8, 4) is 0 Å². The van der Waals surface area contributed by atoms with Gasteiger partial charge in [-0.05, 0) is 31.7 Å². The first-order valence-electron chi connectivity index (χ1n) is 6.83. The normalized spacial score (nSPS) is 24.6. The van der Waals surface area contributed by atoms with Gasteiger partial charge in [-0.1, -0.05) is 19.8 Å². The fraction of sp³-hybridized carbons (Fsp3) is 1.00. The smallest absolute Gasteiger partial charge is 0.0607 e. The van der Waals surface area contributed by atoms with Crippen LogP contribution in [0.3, 0.4) is 0 Å². The van der Waals surface area contributed by atoms with Crippen molar-refractivity contribution in [2.45, 2.75) is 50.3 Å². The van der Waals surface area contributed by atoms with Gasteiger partial charge in [-0.25, -0.2) is 0 Å². The number of rotatable bonds is 7. The highest BCUT2D eigenvalue weighted by Crippen LogP contribution is 2.30. The molecule has 0 spiro atoms. The van der Waals surface area contributed by atoms with E-state index < -0.39 is 0 Å². The van der Waals surface area contributed by atoms with Crippen molar-refractivity contribution in [2.75, 3.05) is 25.5 Å². The molecule has 1 atom stereocenters. The Morgan fingerprint density at radius 3 is 2.62 bits per heavy atom. The average Bonchev–Trinajstić information content (AvgIpc) is 2.73. The molecule has 0 aromatic carbocycles. The molecule has 0 aromatic rings. The van der Waals surface area contributed by atoms with Crippen LogP contribution in [0.1, 0.15) is 39.0 Å². The van der Waals surface area contributed by atoms with Crippen LogP contribution in [0.15, 0.2) is 0 Å². The van der Waals surface area contributed by atoms with Crippen molar-refractivity contribution in [2.24, 2.45) is 5.92 Å². The lowest BCUT2D eigenvalue weighted by atomic mass is 10.00. The summed E-state index contributed by atoms with van der Waals surface area (Å²) in [6, 6.07) is 0.757. The first-order chi connectivity index (χ1) is 7.90. The topological polar surface area (TPSA) is 21.3 Å². The van der Waals surface area contributed by atoms with E-state index in [9.17, 15) is 0 Å². The van der Waals surface area contributed by atoms with Gasteiger partial charge in [0.2, 0.25) is 0 Å². The Morgan fingerprint density at radius 1 is 1.31 bits per heavy atom. The lowest BCUT2D eigenvalue weighted by Crippen LogP contribution is -2.40. The molecular formula is C13H25NOS. The Kier molecular flexibility index (Phi) is 5.46. The minimum Gasteiger partial charge on any atom is -0.379 e. The van der Waals surface area contributed by atoms with Crippen LogP contribution in [0.5, 0.6) is 0 Å². The second-order valence-electron chi connectivity index (χ2n) is 5.10. The van der Waals surface area contributed by atoms with Crippen molar-refractivity contribution in [1.82, 2.24) is 5.32 Å². The maximum Gasteiger partial charge on any atom is 0.0607 e. The van der Waals surface area contributed by atoms with E-state index in [0.717, 1.165) is 30.4 Å². The Bertz CT molecular complexity index is 190. The van der Waals surface area contributed by atoms with E-state index in [2.05, 4.69) is 24.0 Å². The summed E-state index contributed by atoms with van der Waals surface area (Å²) in [5.74, 6) is 2.23. The fourth-order valence-corrected chi connectivity index (χ4v) is 3.86. The molecule has 2 fully saturated rings. The van der Waals surface area contributed by atoms with Crippen molar-refractivity contribution >= 4 is 11.8 Å². The van der Waals surface area contributed by atoms with Crippen LogP contribution in [0.25, 0.3) is 0 Å². The molecule has 2 rings (SSSR count). The molecular weight excluding hydrogens is 218 g/mol. The minimum atomic E-state index is 0.757. The van der Waals surface area contributed by atoms with Gasteiger partial charge in [0, 0.05) is 11.8 Å². The van der Waals surface area contributed by atoms with Crippen molar-refractivity contribution < 1.29 is 4.74 Å². The molecule has 2 aliphatic rings. The molecule has 1 saturated carbocycles. The van der Waals surface area contributed by atoms with E-state index >= 15 is 0 Å². The standard InChI is InChI=1S/C13H25NOS/c1-2-7-14-13(11-5-3-4-6-11)10-16-12-8-15-9-12/h11-14H,2-10H2,1H3. The van der Waals surface area contributed by atoms with E-state index in [1.165, 1.54) is 44.4 Å². The SMILES string of the molecule is CCCNC(CSC1COC1)C1CCCC1. The number of hydrogen-bond donors (Lipinski definition) is 1. The number of hydrogen-bond acceptors (Lipinski definition) is 3. The van der Waals surface area contributed by atoms with Gasteiger partial charge in [-0.3, -0.25) is 0 Å². The molecule has 16 heavy (non-hydrogen) atoms. The molecule has 0 radical (unpaired) electrons. The summed E-state index contributed by atoms with van der Waals surface area (Å²) in [5.41, 5.74) is 0. The Labute approximate surface area is 104 Å². The Balaban J connectivity index is 1.71. The van der Waals surface area contributed by atoms with Gasteiger partial charge in [0.05, 0.1) is 18.5 Å². The quantitative estimate of drug-likeness (QED) is 0.743. The third-order valence-corrected chi connectivity index (χ3v) is 5.04. The van der Waals surface area contributed by atoms with Crippen LogP contribution in [0.4, 0.5) is 0 Å². The van der Waals surface area contributed by atoms with E-state index in [1.54, 1.807) is 0 Å². The molecule has 94 valence electrons. The van der Waals surface area contributed by atoms with Crippen molar-refractivity contribution in [3.05, 3.63) is 0 Å². The van der Waals surface area contributed by atoms with Gasteiger partial charge in [-0.2, -0.15) is 11.8 Å². The zero-order chi connectivity index (χ0) is 11.2. The van der Waals surface area contributed by atoms with Crippen LogP contribution in [0.2, 0.25) is 0 Å². The molecule has 3 heteroatoms. The molecule has 1 aliphatic heterocycles. The molecule has 0 amide bonds. The molecule has 0 aromatic heterocycles. The van der Waals surface area contributed by atoms with Crippen LogP contribution < -0.4 is 5.32 Å². The van der Waals surface area contributed by atoms with Gasteiger partial charge in [0.1, 0.15) is 0 Å². The third kappa shape index (κ3) is 3.64. The summed E-state index contributed by atoms with van der Waals surface area (Å²) >= 11 is 2.12. The Morgan fingerprint density at radius 2 is 2.06 bits per heavy atom. The first-order valence-corrected chi connectivity index (χ1v) is 7.87. The van der Waals surface area contributed by atoms with E-state index in [0.29, 0.717) is 0 Å². The summed E-state index contributed by atoms with van der Waals surface area (Å²) in [6.45, 7) is 5.40. The van der Waals surface area contributed by atoms with Crippen LogP contribution in [-0.2, 0) is 4.74 Å². The number of nitrogens with one attached hydrogen (secondary N) is 1. The van der Waals surface area contributed by atoms with Gasteiger partial charge in [0.25, 0.3) is 0 Å². The second-order valence-corrected chi connectivity index (χ2v) is 6.43. The lowest BCUT2D eigenvalue weighted by Gasteiger charge is -2.30. The fourth-order valence-electron chi connectivity index (χ4n) is 2.60. The highest BCUT2D eigenvalue weighted by molar-refractivity contribution is 8.00. The average molecular weight is 243 g/mol. The maximum atomic E-state index is 5.23. The number of thioether (sulfide) groups is 1. The minimum absolute atomic E-state index is 0.757. The van der Waals surface area contributed by atoms with Crippen molar-refractivity contribution in [1.29, 1.82) is 0 Å². The summed E-state index contributed by atoms with van der Waals surface area (Å²) < 4.78 is 5.23. The van der Waals surface area contributed by atoms with Gasteiger partial charge in [-0.15, -0.1) is 0 Å². The maximum absolute atomic E-state index is 5.23. The van der Waals surface area contributed by atoms with Crippen LogP contribution >= 0.6 is 11.8 Å². The molecule has 2 nitrogen and oxygen atoms in total. The number of ether oxygens (including phenoxy) is 1. The molecule has 1 N–H and O–H groups in total. The molecule has 1 saturated heterocycles. The summed E-state index contributed by atoms with van der Waals surface area (Å²) in [4.78, 5) is 0. The van der Waals surface area contributed by atoms with Crippen LogP contribution in [-0.4, -0.2) is 36.8 Å². The van der Waals surface area contributed by atoms with E-state index in [-0.39, 0.29) is 0 Å². The largest absolute Gasteiger partial charge is 0.379 e. The predicted molar refractivity (Wildman–Crippen MR) is 71.1 cm³/mol. The first kappa shape index (κ1) is 12.7. The molecule has 0 bridgehead atoms. The predicted octanol–water partition coefficient (Wildman–Crippen LogP) is 2.68. The van der Waals surface area contributed by atoms with Crippen LogP contribution in [0, 0.1) is 5.92 Å². The summed E-state index contributed by atoms with van der Waals surface area (Å²) in [5, 5.41) is 4.54. The third-order valence-electron chi connectivity index (χ3n) is 3.74. The zero-order valence-electron chi connectivity index (χ0n) is 10.4. The summed E-state index contributed by atoms with van der Waals surface area (Å²) in [6.07, 6.45) is 7.05. The molecule has 1 aliphatic carbocycles. The Hall–Kier alpha value is 0.270. The van der Waals surface area contributed by atoms with E-state index in [4.69, 9.17) is 4.74 Å². The lowest BCUT2D eigenvalue weighted by molar-refractivity contribution is 0.0454. The highest BCUT2D eigenvalue weighted by atomic mass is 32.2. The second kappa shape index (κ2) is 6.87. The summed E-state index contributed by atoms with van der Waals surface area (Å²) in [7, 11) is 0. The van der Waals surface area contributed by atoms with Gasteiger partial charge in [0.15, 0.2) is 0 Å². The van der Waals surface area contributed by atoms with Crippen molar-refractivity contribution in [3.63, 3.8) is 0 Å². The van der Waals surface area contributed by atoms with Gasteiger partial charge < -0.3 is 10.1 Å². The van der Waals surface area contributed by atoms with E-state index in [1.807, 2.05) is 0 Å². The molecule has 1 heterocycles.